The summed E-state index contributed by atoms with van der Waals surface area (Å²) in [5, 5.41) is 0. The Morgan fingerprint density at radius 1 is 0.800 bits per heavy atom. The van der Waals surface area contributed by atoms with Gasteiger partial charge in [0, 0.05) is 5.46 Å². The summed E-state index contributed by atoms with van der Waals surface area (Å²) in [6, 6.07) is 10.8. The molecule has 1 aliphatic rings. The van der Waals surface area contributed by atoms with E-state index in [0.717, 1.165) is 17.1 Å². The van der Waals surface area contributed by atoms with Gasteiger partial charge in [0.2, 0.25) is 0 Å². The van der Waals surface area contributed by atoms with Gasteiger partial charge in [0.1, 0.15) is 11.5 Å². The Hall–Kier alpha value is -1.90. The van der Waals surface area contributed by atoms with Crippen LogP contribution in [0.2, 0.25) is 0 Å². The highest BCUT2D eigenvalue weighted by molar-refractivity contribution is 6.64. The van der Waals surface area contributed by atoms with E-state index in [1.807, 2.05) is 12.1 Å². The van der Waals surface area contributed by atoms with Crippen LogP contribution < -0.4 is 14.8 Å². The van der Waals surface area contributed by atoms with Crippen LogP contribution in [0.25, 0.3) is 0 Å². The highest BCUT2D eigenvalue weighted by Gasteiger charge is 2.39. The van der Waals surface area contributed by atoms with E-state index in [4.69, 9.17) is 9.31 Å². The highest BCUT2D eigenvalue weighted by atomic mass is 16.6. The zero-order valence-electron chi connectivity index (χ0n) is 16.5. The molecule has 1 heterocycles. The Morgan fingerprint density at radius 3 is 1.88 bits per heavy atom. The fraction of sp³-hybridized carbons (Fsp3) is 0.455. The smallest absolute Gasteiger partial charge is 0.519 e. The topological polar surface area (TPSA) is 18.5 Å². The predicted octanol–water partition coefficient (Wildman–Crippen LogP) is 5.53. The molecule has 0 bridgehead atoms. The van der Waals surface area contributed by atoms with Crippen molar-refractivity contribution in [1.29, 1.82) is 0 Å². The van der Waals surface area contributed by atoms with Crippen molar-refractivity contribution in [2.24, 2.45) is 0 Å². The first-order chi connectivity index (χ1) is 11.8. The number of aryl methyl sites for hydroxylation is 1. The van der Waals surface area contributed by atoms with Crippen molar-refractivity contribution in [3.8, 4) is 11.5 Å². The van der Waals surface area contributed by atoms with Gasteiger partial charge < -0.3 is 9.31 Å². The highest BCUT2D eigenvalue weighted by Crippen LogP contribution is 2.37. The molecular formula is C22H29BO2. The van der Waals surface area contributed by atoms with Gasteiger partial charge in [-0.05, 0) is 53.0 Å². The summed E-state index contributed by atoms with van der Waals surface area (Å²) in [6.45, 7) is 15.6. The quantitative estimate of drug-likeness (QED) is 0.683. The molecule has 2 nitrogen and oxygen atoms in total. The van der Waals surface area contributed by atoms with Gasteiger partial charge in [0.15, 0.2) is 0 Å². The Bertz CT molecular complexity index is 749. The number of hydrogen-bond donors (Lipinski definition) is 0. The average molecular weight is 336 g/mol. The number of para-hydroxylation sites is 1. The van der Waals surface area contributed by atoms with Crippen molar-refractivity contribution in [2.45, 2.75) is 66.2 Å². The molecular weight excluding hydrogens is 307 g/mol. The Morgan fingerprint density at radius 2 is 1.40 bits per heavy atom. The Labute approximate surface area is 152 Å². The van der Waals surface area contributed by atoms with Crippen LogP contribution in [0.4, 0.5) is 0 Å². The van der Waals surface area contributed by atoms with Gasteiger partial charge >= 0.3 is 7.12 Å². The summed E-state index contributed by atoms with van der Waals surface area (Å²) in [4.78, 5) is 0. The molecule has 0 aliphatic carbocycles. The molecule has 2 aromatic rings. The first-order valence-electron chi connectivity index (χ1n) is 9.40. The van der Waals surface area contributed by atoms with E-state index in [9.17, 15) is 0 Å². The second kappa shape index (κ2) is 6.78. The summed E-state index contributed by atoms with van der Waals surface area (Å²) in [6.07, 6.45) is 0. The van der Waals surface area contributed by atoms with Crippen LogP contribution in [0, 0.1) is 6.92 Å². The standard InChI is InChI=1S/C22H29BO2/c1-13(2)17-11-18(14(3)4)21(19(12-17)15(5)6)23-24-20-10-8-9-16(7)22(20)25-23/h8-15H,1-7H3. The van der Waals surface area contributed by atoms with E-state index in [0.29, 0.717) is 17.8 Å². The van der Waals surface area contributed by atoms with Crippen molar-refractivity contribution >= 4 is 12.6 Å². The van der Waals surface area contributed by atoms with Crippen LogP contribution in [0.5, 0.6) is 11.5 Å². The normalized spacial score (nSPS) is 13.4. The van der Waals surface area contributed by atoms with Crippen molar-refractivity contribution in [3.05, 3.63) is 52.6 Å². The molecule has 3 rings (SSSR count). The van der Waals surface area contributed by atoms with Crippen molar-refractivity contribution in [1.82, 2.24) is 0 Å². The number of fused-ring (bicyclic) bond motifs is 1. The minimum atomic E-state index is -0.355. The third-order valence-electron chi connectivity index (χ3n) is 5.05. The van der Waals surface area contributed by atoms with E-state index in [2.05, 4.69) is 66.7 Å². The van der Waals surface area contributed by atoms with Gasteiger partial charge in [0.05, 0.1) is 0 Å². The molecule has 0 saturated carbocycles. The lowest BCUT2D eigenvalue weighted by molar-refractivity contribution is 0.515. The number of hydrogen-bond acceptors (Lipinski definition) is 2. The first kappa shape index (κ1) is 17.9. The van der Waals surface area contributed by atoms with E-state index >= 15 is 0 Å². The summed E-state index contributed by atoms with van der Waals surface area (Å²) in [5.74, 6) is 3.08. The molecule has 0 N–H and O–H groups in total. The molecule has 0 radical (unpaired) electrons. The van der Waals surface area contributed by atoms with E-state index in [1.54, 1.807) is 0 Å². The Balaban J connectivity index is 2.14. The van der Waals surface area contributed by atoms with Crippen LogP contribution in [-0.2, 0) is 0 Å². The predicted molar refractivity (Wildman–Crippen MR) is 107 cm³/mol. The van der Waals surface area contributed by atoms with Crippen LogP contribution in [0.15, 0.2) is 30.3 Å². The molecule has 0 fully saturated rings. The van der Waals surface area contributed by atoms with Crippen molar-refractivity contribution < 1.29 is 9.31 Å². The van der Waals surface area contributed by atoms with Gasteiger partial charge in [-0.15, -0.1) is 0 Å². The summed E-state index contributed by atoms with van der Waals surface area (Å²) in [5.41, 5.74) is 6.40. The fourth-order valence-corrected chi connectivity index (χ4v) is 3.52. The molecule has 0 spiro atoms. The third-order valence-corrected chi connectivity index (χ3v) is 5.05. The van der Waals surface area contributed by atoms with E-state index < -0.39 is 0 Å². The second-order valence-corrected chi connectivity index (χ2v) is 8.05. The monoisotopic (exact) mass is 336 g/mol. The van der Waals surface area contributed by atoms with Gasteiger partial charge in [0.25, 0.3) is 0 Å². The summed E-state index contributed by atoms with van der Waals surface area (Å²) >= 11 is 0. The Kier molecular flexibility index (Phi) is 4.86. The average Bonchev–Trinajstić information content (AvgIpc) is 2.98. The SMILES string of the molecule is Cc1cccc2c1OB(c1c(C(C)C)cc(C(C)C)cc1C(C)C)O2. The lowest BCUT2D eigenvalue weighted by Gasteiger charge is -2.23. The van der Waals surface area contributed by atoms with Gasteiger partial charge in [-0.1, -0.05) is 65.8 Å². The van der Waals surface area contributed by atoms with E-state index in [1.165, 1.54) is 22.2 Å². The van der Waals surface area contributed by atoms with E-state index in [-0.39, 0.29) is 7.12 Å². The van der Waals surface area contributed by atoms with Gasteiger partial charge in [-0.2, -0.15) is 0 Å². The van der Waals surface area contributed by atoms with Crippen LogP contribution in [-0.4, -0.2) is 7.12 Å². The van der Waals surface area contributed by atoms with Crippen LogP contribution in [0.1, 0.15) is 81.5 Å². The molecule has 0 unspecified atom stereocenters. The molecule has 0 amide bonds. The third kappa shape index (κ3) is 3.29. The summed E-state index contributed by atoms with van der Waals surface area (Å²) < 4.78 is 12.5. The molecule has 25 heavy (non-hydrogen) atoms. The fourth-order valence-electron chi connectivity index (χ4n) is 3.52. The first-order valence-corrected chi connectivity index (χ1v) is 9.40. The lowest BCUT2D eigenvalue weighted by Crippen LogP contribution is -2.44. The molecule has 2 aromatic carbocycles. The molecule has 1 aliphatic heterocycles. The zero-order chi connectivity index (χ0) is 18.3. The largest absolute Gasteiger partial charge is 0.633 e. The minimum Gasteiger partial charge on any atom is -0.519 e. The lowest BCUT2D eigenvalue weighted by atomic mass is 9.68. The number of benzene rings is 2. The van der Waals surface area contributed by atoms with Crippen LogP contribution in [0.3, 0.4) is 0 Å². The van der Waals surface area contributed by atoms with Crippen molar-refractivity contribution in [2.75, 3.05) is 0 Å². The maximum absolute atomic E-state index is 6.28. The molecule has 132 valence electrons. The second-order valence-electron chi connectivity index (χ2n) is 8.05. The molecule has 0 atom stereocenters. The molecule has 3 heteroatoms. The van der Waals surface area contributed by atoms with Crippen LogP contribution >= 0.6 is 0 Å². The molecule has 0 aromatic heterocycles. The minimum absolute atomic E-state index is 0.355. The number of rotatable bonds is 4. The van der Waals surface area contributed by atoms with Gasteiger partial charge in [-0.25, -0.2) is 0 Å². The zero-order valence-corrected chi connectivity index (χ0v) is 16.5. The summed E-state index contributed by atoms with van der Waals surface area (Å²) in [7, 11) is -0.355. The van der Waals surface area contributed by atoms with Crippen molar-refractivity contribution in [3.63, 3.8) is 0 Å². The van der Waals surface area contributed by atoms with Gasteiger partial charge in [-0.3, -0.25) is 0 Å². The maximum atomic E-state index is 6.28. The molecule has 0 saturated heterocycles. The maximum Gasteiger partial charge on any atom is 0.633 e.